The number of fused-ring (bicyclic) bond motifs is 1. The molecule has 90 valence electrons. The normalized spacial score (nSPS) is 14.0. The van der Waals surface area contributed by atoms with Crippen molar-refractivity contribution in [2.75, 3.05) is 0 Å². The van der Waals surface area contributed by atoms with Gasteiger partial charge in [0.25, 0.3) is 0 Å². The Labute approximate surface area is 106 Å². The fourth-order valence-electron chi connectivity index (χ4n) is 2.51. The zero-order chi connectivity index (χ0) is 12.5. The van der Waals surface area contributed by atoms with Gasteiger partial charge in [-0.2, -0.15) is 10.4 Å². The highest BCUT2D eigenvalue weighted by molar-refractivity contribution is 5.68. The molecule has 3 rings (SSSR count). The van der Waals surface area contributed by atoms with E-state index in [2.05, 4.69) is 16.3 Å². The molecule has 18 heavy (non-hydrogen) atoms. The van der Waals surface area contributed by atoms with E-state index >= 15 is 0 Å². The van der Waals surface area contributed by atoms with Crippen LogP contribution in [0.5, 0.6) is 0 Å². The summed E-state index contributed by atoms with van der Waals surface area (Å²) in [6.07, 6.45) is 6.19. The summed E-state index contributed by atoms with van der Waals surface area (Å²) < 4.78 is 0. The average Bonchev–Trinajstić information content (AvgIpc) is 2.83. The lowest BCUT2D eigenvalue weighted by molar-refractivity contribution is 0.668. The van der Waals surface area contributed by atoms with Gasteiger partial charge in [-0.15, -0.1) is 0 Å². The van der Waals surface area contributed by atoms with Crippen molar-refractivity contribution in [1.82, 2.24) is 15.2 Å². The highest BCUT2D eigenvalue weighted by Crippen LogP contribution is 2.28. The summed E-state index contributed by atoms with van der Waals surface area (Å²) in [5, 5.41) is 16.2. The number of hydrogen-bond donors (Lipinski definition) is 1. The van der Waals surface area contributed by atoms with E-state index in [-0.39, 0.29) is 0 Å². The van der Waals surface area contributed by atoms with Crippen molar-refractivity contribution in [3.05, 3.63) is 34.8 Å². The van der Waals surface area contributed by atoms with Crippen LogP contribution in [0.2, 0.25) is 0 Å². The van der Waals surface area contributed by atoms with Crippen molar-refractivity contribution in [2.24, 2.45) is 0 Å². The molecule has 0 spiro atoms. The monoisotopic (exact) mass is 238 g/mol. The maximum Gasteiger partial charge on any atom is 0.101 e. The zero-order valence-corrected chi connectivity index (χ0v) is 10.3. The van der Waals surface area contributed by atoms with Gasteiger partial charge < -0.3 is 0 Å². The molecule has 2 heterocycles. The molecule has 0 atom stereocenters. The minimum absolute atomic E-state index is 0.653. The van der Waals surface area contributed by atoms with Crippen LogP contribution in [0.15, 0.2) is 12.3 Å². The molecule has 0 radical (unpaired) electrons. The molecule has 0 aliphatic heterocycles. The standard InChI is InChI=1S/C14H14N4/c1-9-12(8-16-18-9)14-11(7-15)6-10-4-2-3-5-13(10)17-14/h6,8H,2-5H2,1H3,(H,16,18). The summed E-state index contributed by atoms with van der Waals surface area (Å²) in [5.74, 6) is 0. The molecule has 1 aliphatic carbocycles. The molecule has 0 saturated heterocycles. The van der Waals surface area contributed by atoms with Gasteiger partial charge in [-0.05, 0) is 44.2 Å². The lowest BCUT2D eigenvalue weighted by atomic mass is 9.93. The molecule has 0 unspecified atom stereocenters. The van der Waals surface area contributed by atoms with Crippen LogP contribution in [-0.4, -0.2) is 15.2 Å². The van der Waals surface area contributed by atoms with E-state index in [0.717, 1.165) is 35.5 Å². The van der Waals surface area contributed by atoms with Crippen molar-refractivity contribution in [1.29, 1.82) is 5.26 Å². The summed E-state index contributed by atoms with van der Waals surface area (Å²) in [6, 6.07) is 4.26. The maximum absolute atomic E-state index is 9.29. The van der Waals surface area contributed by atoms with E-state index in [1.165, 1.54) is 18.4 Å². The number of nitriles is 1. The van der Waals surface area contributed by atoms with Gasteiger partial charge in [0.1, 0.15) is 6.07 Å². The van der Waals surface area contributed by atoms with Crippen molar-refractivity contribution >= 4 is 0 Å². The summed E-state index contributed by atoms with van der Waals surface area (Å²) in [5.41, 5.74) is 5.69. The second-order valence-electron chi connectivity index (χ2n) is 4.72. The topological polar surface area (TPSA) is 65.4 Å². The molecule has 0 bridgehead atoms. The van der Waals surface area contributed by atoms with E-state index in [0.29, 0.717) is 5.56 Å². The molecule has 0 saturated carbocycles. The van der Waals surface area contributed by atoms with E-state index in [1.807, 2.05) is 13.0 Å². The Morgan fingerprint density at radius 1 is 1.33 bits per heavy atom. The Balaban J connectivity index is 2.20. The number of rotatable bonds is 1. The van der Waals surface area contributed by atoms with Crippen LogP contribution < -0.4 is 0 Å². The predicted octanol–water partition coefficient (Wildman–Crippen LogP) is 2.53. The van der Waals surface area contributed by atoms with Gasteiger partial charge in [0.15, 0.2) is 0 Å². The van der Waals surface area contributed by atoms with Crippen LogP contribution in [0.1, 0.15) is 35.4 Å². The third-order valence-electron chi connectivity index (χ3n) is 3.51. The lowest BCUT2D eigenvalue weighted by Crippen LogP contribution is -2.07. The molecule has 4 heteroatoms. The number of H-pyrrole nitrogens is 1. The van der Waals surface area contributed by atoms with Gasteiger partial charge in [-0.25, -0.2) is 0 Å². The largest absolute Gasteiger partial charge is 0.282 e. The van der Waals surface area contributed by atoms with Crippen molar-refractivity contribution < 1.29 is 0 Å². The van der Waals surface area contributed by atoms with Crippen molar-refractivity contribution in [3.8, 4) is 17.3 Å². The molecule has 0 aromatic carbocycles. The number of hydrogen-bond acceptors (Lipinski definition) is 3. The number of nitrogens with one attached hydrogen (secondary N) is 1. The Hall–Kier alpha value is -2.15. The van der Waals surface area contributed by atoms with E-state index < -0.39 is 0 Å². The zero-order valence-electron chi connectivity index (χ0n) is 10.3. The fourth-order valence-corrected chi connectivity index (χ4v) is 2.51. The lowest BCUT2D eigenvalue weighted by Gasteiger charge is -2.16. The van der Waals surface area contributed by atoms with Gasteiger partial charge in [0.05, 0.1) is 17.5 Å². The number of aryl methyl sites for hydroxylation is 3. The molecule has 4 nitrogen and oxygen atoms in total. The highest BCUT2D eigenvalue weighted by Gasteiger charge is 2.17. The van der Waals surface area contributed by atoms with E-state index in [9.17, 15) is 5.26 Å². The number of aromatic nitrogens is 3. The van der Waals surface area contributed by atoms with Crippen molar-refractivity contribution in [3.63, 3.8) is 0 Å². The SMILES string of the molecule is Cc1[nH]ncc1-c1nc2c(cc1C#N)CCCC2. The maximum atomic E-state index is 9.29. The van der Waals surface area contributed by atoms with E-state index in [1.54, 1.807) is 6.20 Å². The summed E-state index contributed by atoms with van der Waals surface area (Å²) in [4.78, 5) is 4.70. The van der Waals surface area contributed by atoms with Crippen molar-refractivity contribution in [2.45, 2.75) is 32.6 Å². The third-order valence-corrected chi connectivity index (χ3v) is 3.51. The molecule has 2 aromatic rings. The first-order chi connectivity index (χ1) is 8.79. The first-order valence-electron chi connectivity index (χ1n) is 6.23. The first-order valence-corrected chi connectivity index (χ1v) is 6.23. The van der Waals surface area contributed by atoms with Crippen LogP contribution in [-0.2, 0) is 12.8 Å². The third kappa shape index (κ3) is 1.68. The minimum atomic E-state index is 0.653. The van der Waals surface area contributed by atoms with Gasteiger partial charge >= 0.3 is 0 Å². The van der Waals surface area contributed by atoms with Crippen LogP contribution in [0.3, 0.4) is 0 Å². The van der Waals surface area contributed by atoms with Crippen LogP contribution >= 0.6 is 0 Å². The highest BCUT2D eigenvalue weighted by atomic mass is 15.1. The second-order valence-corrected chi connectivity index (χ2v) is 4.72. The van der Waals surface area contributed by atoms with Gasteiger partial charge in [0.2, 0.25) is 0 Å². The Morgan fingerprint density at radius 3 is 2.89 bits per heavy atom. The summed E-state index contributed by atoms with van der Waals surface area (Å²) in [7, 11) is 0. The van der Waals surface area contributed by atoms with Gasteiger partial charge in [0, 0.05) is 17.0 Å². The minimum Gasteiger partial charge on any atom is -0.282 e. The number of pyridine rings is 1. The summed E-state index contributed by atoms with van der Waals surface area (Å²) >= 11 is 0. The summed E-state index contributed by atoms with van der Waals surface area (Å²) in [6.45, 7) is 1.95. The van der Waals surface area contributed by atoms with Gasteiger partial charge in [-0.3, -0.25) is 10.1 Å². The fraction of sp³-hybridized carbons (Fsp3) is 0.357. The number of nitrogens with zero attached hydrogens (tertiary/aromatic N) is 3. The Bertz CT molecular complexity index is 634. The van der Waals surface area contributed by atoms with E-state index in [4.69, 9.17) is 4.98 Å². The molecular formula is C14H14N4. The Morgan fingerprint density at radius 2 is 2.17 bits per heavy atom. The smallest absolute Gasteiger partial charge is 0.101 e. The molecule has 1 aliphatic rings. The Kier molecular flexibility index (Phi) is 2.60. The quantitative estimate of drug-likeness (QED) is 0.830. The average molecular weight is 238 g/mol. The molecule has 1 N–H and O–H groups in total. The van der Waals surface area contributed by atoms with Gasteiger partial charge in [-0.1, -0.05) is 0 Å². The molecular weight excluding hydrogens is 224 g/mol. The molecule has 0 amide bonds. The second kappa shape index (κ2) is 4.26. The van der Waals surface area contributed by atoms with Crippen LogP contribution in [0, 0.1) is 18.3 Å². The predicted molar refractivity (Wildman–Crippen MR) is 67.9 cm³/mol. The molecule has 2 aromatic heterocycles. The number of aromatic amines is 1. The van der Waals surface area contributed by atoms with Crippen LogP contribution in [0.25, 0.3) is 11.3 Å². The molecule has 0 fully saturated rings. The van der Waals surface area contributed by atoms with Crippen LogP contribution in [0.4, 0.5) is 0 Å². The first kappa shape index (κ1) is 11.0.